The monoisotopic (exact) mass is 324 g/mol. The van der Waals surface area contributed by atoms with E-state index in [1.807, 2.05) is 36.0 Å². The fourth-order valence-electron chi connectivity index (χ4n) is 2.72. The molecule has 2 N–H and O–H groups in total. The number of benzene rings is 1. The van der Waals surface area contributed by atoms with Gasteiger partial charge in [0, 0.05) is 36.9 Å². The highest BCUT2D eigenvalue weighted by molar-refractivity contribution is 5.83. The second-order valence-electron chi connectivity index (χ2n) is 5.88. The SMILES string of the molecule is CCNC(=NCc1ccn(C)c1)NCc1oc2ccccc2c1C. The van der Waals surface area contributed by atoms with E-state index in [0.717, 1.165) is 23.8 Å². The number of aryl methyl sites for hydroxylation is 2. The van der Waals surface area contributed by atoms with Crippen LogP contribution in [0.3, 0.4) is 0 Å². The minimum absolute atomic E-state index is 0.612. The van der Waals surface area contributed by atoms with Crippen LogP contribution in [0, 0.1) is 6.92 Å². The lowest BCUT2D eigenvalue weighted by Gasteiger charge is -2.10. The number of guanidine groups is 1. The van der Waals surface area contributed by atoms with E-state index in [4.69, 9.17) is 4.42 Å². The zero-order chi connectivity index (χ0) is 16.9. The van der Waals surface area contributed by atoms with Crippen molar-refractivity contribution in [1.82, 2.24) is 15.2 Å². The Balaban J connectivity index is 1.69. The van der Waals surface area contributed by atoms with Crippen molar-refractivity contribution >= 4 is 16.9 Å². The molecule has 0 atom stereocenters. The molecule has 3 aromatic rings. The molecule has 0 unspecified atom stereocenters. The molecule has 0 saturated carbocycles. The van der Waals surface area contributed by atoms with Crippen molar-refractivity contribution in [2.75, 3.05) is 6.54 Å². The Labute approximate surface area is 142 Å². The van der Waals surface area contributed by atoms with Crippen molar-refractivity contribution in [3.63, 3.8) is 0 Å². The zero-order valence-corrected chi connectivity index (χ0v) is 14.5. The van der Waals surface area contributed by atoms with Gasteiger partial charge in [0.05, 0.1) is 13.1 Å². The van der Waals surface area contributed by atoms with E-state index >= 15 is 0 Å². The maximum atomic E-state index is 5.94. The topological polar surface area (TPSA) is 54.5 Å². The Hall–Kier alpha value is -2.69. The molecule has 2 aromatic heterocycles. The van der Waals surface area contributed by atoms with E-state index in [1.54, 1.807) is 0 Å². The number of furan rings is 1. The molecule has 0 bridgehead atoms. The van der Waals surface area contributed by atoms with Crippen LogP contribution in [-0.2, 0) is 20.1 Å². The molecule has 2 heterocycles. The van der Waals surface area contributed by atoms with Gasteiger partial charge in [-0.2, -0.15) is 0 Å². The van der Waals surface area contributed by atoms with Crippen molar-refractivity contribution < 1.29 is 4.42 Å². The van der Waals surface area contributed by atoms with Crippen molar-refractivity contribution in [2.45, 2.75) is 26.9 Å². The molecule has 0 aliphatic heterocycles. The number of fused-ring (bicyclic) bond motifs is 1. The van der Waals surface area contributed by atoms with Gasteiger partial charge in [-0.25, -0.2) is 4.99 Å². The molecule has 0 fully saturated rings. The van der Waals surface area contributed by atoms with Crippen LogP contribution in [0.1, 0.15) is 23.8 Å². The van der Waals surface area contributed by atoms with Gasteiger partial charge in [-0.1, -0.05) is 18.2 Å². The van der Waals surface area contributed by atoms with Crippen LogP contribution in [-0.4, -0.2) is 17.1 Å². The maximum Gasteiger partial charge on any atom is 0.191 e. The highest BCUT2D eigenvalue weighted by Crippen LogP contribution is 2.24. The van der Waals surface area contributed by atoms with E-state index in [-0.39, 0.29) is 0 Å². The minimum atomic E-state index is 0.612. The molecule has 5 nitrogen and oxygen atoms in total. The highest BCUT2D eigenvalue weighted by atomic mass is 16.3. The largest absolute Gasteiger partial charge is 0.459 e. The summed E-state index contributed by atoms with van der Waals surface area (Å²) in [5.74, 6) is 1.74. The first-order valence-electron chi connectivity index (χ1n) is 8.27. The summed E-state index contributed by atoms with van der Waals surface area (Å²) in [5, 5.41) is 7.79. The minimum Gasteiger partial charge on any atom is -0.459 e. The number of nitrogens with zero attached hydrogens (tertiary/aromatic N) is 2. The fraction of sp³-hybridized carbons (Fsp3) is 0.316. The molecule has 0 amide bonds. The van der Waals surface area contributed by atoms with Gasteiger partial charge in [0.15, 0.2) is 5.96 Å². The molecule has 5 heteroatoms. The van der Waals surface area contributed by atoms with Crippen LogP contribution >= 0.6 is 0 Å². The number of rotatable bonds is 5. The smallest absolute Gasteiger partial charge is 0.191 e. The van der Waals surface area contributed by atoms with Gasteiger partial charge >= 0.3 is 0 Å². The van der Waals surface area contributed by atoms with Crippen molar-refractivity contribution in [3.8, 4) is 0 Å². The molecule has 24 heavy (non-hydrogen) atoms. The fourth-order valence-corrected chi connectivity index (χ4v) is 2.72. The molecule has 0 radical (unpaired) electrons. The van der Waals surface area contributed by atoms with Gasteiger partial charge in [-0.15, -0.1) is 0 Å². The Kier molecular flexibility index (Phi) is 4.89. The van der Waals surface area contributed by atoms with E-state index in [0.29, 0.717) is 13.1 Å². The molecular weight excluding hydrogens is 300 g/mol. The quantitative estimate of drug-likeness (QED) is 0.559. The molecule has 0 aliphatic carbocycles. The first kappa shape index (κ1) is 16.2. The van der Waals surface area contributed by atoms with Gasteiger partial charge in [0.1, 0.15) is 11.3 Å². The van der Waals surface area contributed by atoms with Crippen LogP contribution in [0.4, 0.5) is 0 Å². The summed E-state index contributed by atoms with van der Waals surface area (Å²) in [6, 6.07) is 10.2. The zero-order valence-electron chi connectivity index (χ0n) is 14.5. The summed E-state index contributed by atoms with van der Waals surface area (Å²) in [7, 11) is 2.01. The number of para-hydroxylation sites is 1. The number of hydrogen-bond acceptors (Lipinski definition) is 2. The van der Waals surface area contributed by atoms with Crippen LogP contribution in [0.25, 0.3) is 11.0 Å². The van der Waals surface area contributed by atoms with Gasteiger partial charge in [0.25, 0.3) is 0 Å². The first-order chi connectivity index (χ1) is 11.7. The van der Waals surface area contributed by atoms with Crippen LogP contribution in [0.15, 0.2) is 52.1 Å². The third kappa shape index (κ3) is 3.62. The van der Waals surface area contributed by atoms with Gasteiger partial charge in [0.2, 0.25) is 0 Å². The summed E-state index contributed by atoms with van der Waals surface area (Å²) in [6.45, 7) is 6.24. The van der Waals surface area contributed by atoms with E-state index in [2.05, 4.69) is 47.8 Å². The van der Waals surface area contributed by atoms with Gasteiger partial charge in [-0.3, -0.25) is 0 Å². The lowest BCUT2D eigenvalue weighted by atomic mass is 10.1. The van der Waals surface area contributed by atoms with Crippen molar-refractivity contribution in [2.24, 2.45) is 12.0 Å². The lowest BCUT2D eigenvalue weighted by Crippen LogP contribution is -2.36. The third-order valence-corrected chi connectivity index (χ3v) is 4.02. The number of hydrogen-bond donors (Lipinski definition) is 2. The second-order valence-corrected chi connectivity index (χ2v) is 5.88. The highest BCUT2D eigenvalue weighted by Gasteiger charge is 2.10. The van der Waals surface area contributed by atoms with E-state index in [9.17, 15) is 0 Å². The Morgan fingerprint density at radius 1 is 1.21 bits per heavy atom. The van der Waals surface area contributed by atoms with Crippen LogP contribution < -0.4 is 10.6 Å². The average molecular weight is 324 g/mol. The first-order valence-corrected chi connectivity index (χ1v) is 8.27. The maximum absolute atomic E-state index is 5.94. The summed E-state index contributed by atoms with van der Waals surface area (Å²) in [4.78, 5) is 4.64. The summed E-state index contributed by atoms with van der Waals surface area (Å²) in [6.07, 6.45) is 4.11. The van der Waals surface area contributed by atoms with Crippen molar-refractivity contribution in [1.29, 1.82) is 0 Å². The lowest BCUT2D eigenvalue weighted by molar-refractivity contribution is 0.534. The molecule has 3 rings (SSSR count). The number of nitrogens with one attached hydrogen (secondary N) is 2. The summed E-state index contributed by atoms with van der Waals surface area (Å²) < 4.78 is 7.98. The Bertz CT molecular complexity index is 844. The summed E-state index contributed by atoms with van der Waals surface area (Å²) >= 11 is 0. The number of aromatic nitrogens is 1. The second kappa shape index (κ2) is 7.25. The predicted molar refractivity (Wildman–Crippen MR) is 98.0 cm³/mol. The van der Waals surface area contributed by atoms with Crippen molar-refractivity contribution in [3.05, 3.63) is 59.6 Å². The average Bonchev–Trinajstić information content (AvgIpc) is 3.14. The predicted octanol–water partition coefficient (Wildman–Crippen LogP) is 3.34. The van der Waals surface area contributed by atoms with Crippen LogP contribution in [0.5, 0.6) is 0 Å². The molecule has 0 spiro atoms. The third-order valence-electron chi connectivity index (χ3n) is 4.02. The molecule has 0 aliphatic rings. The van der Waals surface area contributed by atoms with Crippen LogP contribution in [0.2, 0.25) is 0 Å². The van der Waals surface area contributed by atoms with E-state index in [1.165, 1.54) is 16.5 Å². The van der Waals surface area contributed by atoms with Gasteiger partial charge in [-0.05, 0) is 31.5 Å². The Morgan fingerprint density at radius 2 is 2.04 bits per heavy atom. The van der Waals surface area contributed by atoms with E-state index < -0.39 is 0 Å². The normalized spacial score (nSPS) is 11.9. The van der Waals surface area contributed by atoms with Gasteiger partial charge < -0.3 is 19.6 Å². The number of aliphatic imine (C=N–C) groups is 1. The Morgan fingerprint density at radius 3 is 2.75 bits per heavy atom. The molecular formula is C19H24N4O. The molecule has 1 aromatic carbocycles. The molecule has 0 saturated heterocycles. The standard InChI is InChI=1S/C19H24N4O/c1-4-20-19(21-11-15-9-10-23(3)13-15)22-12-18-14(2)16-7-5-6-8-17(16)24-18/h5-10,13H,4,11-12H2,1-3H3,(H2,20,21,22). The molecule has 126 valence electrons. The summed E-state index contributed by atoms with van der Waals surface area (Å²) in [5.41, 5.74) is 3.30.